The minimum absolute atomic E-state index is 0.254. The number of anilines is 1. The summed E-state index contributed by atoms with van der Waals surface area (Å²) in [6, 6.07) is 22.2. The lowest BCUT2D eigenvalue weighted by Gasteiger charge is -2.21. The first-order valence-electron chi connectivity index (χ1n) is 10.1. The number of ether oxygens (including phenoxy) is 1. The molecule has 7 heteroatoms. The Morgan fingerprint density at radius 1 is 0.969 bits per heavy atom. The quantitative estimate of drug-likeness (QED) is 0.433. The summed E-state index contributed by atoms with van der Waals surface area (Å²) in [6.45, 7) is 1.56. The lowest BCUT2D eigenvalue weighted by atomic mass is 10.1. The highest BCUT2D eigenvalue weighted by molar-refractivity contribution is 6.00. The number of likely N-dealkylation sites (N-methyl/N-ethyl adjacent to an activating group) is 1. The molecule has 4 rings (SSSR count). The van der Waals surface area contributed by atoms with Gasteiger partial charge in [0, 0.05) is 36.9 Å². The third-order valence-corrected chi connectivity index (χ3v) is 5.00. The second-order valence-electron chi connectivity index (χ2n) is 7.19. The van der Waals surface area contributed by atoms with Crippen LogP contribution in [0.1, 0.15) is 17.3 Å². The van der Waals surface area contributed by atoms with E-state index in [1.807, 2.05) is 66.7 Å². The fourth-order valence-corrected chi connectivity index (χ4v) is 3.28. The Labute approximate surface area is 185 Å². The number of para-hydroxylation sites is 2. The number of pyridine rings is 1. The van der Waals surface area contributed by atoms with Gasteiger partial charge in [0.15, 0.2) is 6.10 Å². The maximum absolute atomic E-state index is 13.1. The number of carbonyl (C=O) groups is 2. The molecule has 4 aromatic rings. The largest absolute Gasteiger partial charge is 0.449 e. The summed E-state index contributed by atoms with van der Waals surface area (Å²) < 4.78 is 7.16. The first kappa shape index (κ1) is 21.0. The second kappa shape index (κ2) is 9.26. The standard InChI is InChI=1S/C25H22N4O3/c1-18(24(30)28(2)20-11-5-3-6-12-20)32-25(31)22-17-29(21-13-7-4-8-14-21)27-23(22)19-10-9-15-26-16-19/h3-18H,1-2H3. The summed E-state index contributed by atoms with van der Waals surface area (Å²) in [5, 5.41) is 4.59. The Morgan fingerprint density at radius 3 is 2.31 bits per heavy atom. The van der Waals surface area contributed by atoms with Gasteiger partial charge in [-0.3, -0.25) is 9.78 Å². The SMILES string of the molecule is CC(OC(=O)c1cn(-c2ccccc2)nc1-c1cccnc1)C(=O)N(C)c1ccccc1. The van der Waals surface area contributed by atoms with Crippen molar-refractivity contribution in [3.05, 3.63) is 97.0 Å². The van der Waals surface area contributed by atoms with Crippen LogP contribution in [-0.4, -0.2) is 39.8 Å². The van der Waals surface area contributed by atoms with Gasteiger partial charge in [0.05, 0.1) is 5.69 Å². The molecule has 0 bridgehead atoms. The number of hydrogen-bond donors (Lipinski definition) is 0. The van der Waals surface area contributed by atoms with E-state index in [0.717, 1.165) is 5.69 Å². The average molecular weight is 426 g/mol. The highest BCUT2D eigenvalue weighted by Crippen LogP contribution is 2.24. The fourth-order valence-electron chi connectivity index (χ4n) is 3.28. The van der Waals surface area contributed by atoms with E-state index in [1.54, 1.807) is 43.3 Å². The van der Waals surface area contributed by atoms with E-state index in [-0.39, 0.29) is 11.5 Å². The van der Waals surface area contributed by atoms with Crippen LogP contribution in [0.2, 0.25) is 0 Å². The lowest BCUT2D eigenvalue weighted by Crippen LogP contribution is -2.37. The van der Waals surface area contributed by atoms with E-state index < -0.39 is 12.1 Å². The summed E-state index contributed by atoms with van der Waals surface area (Å²) in [4.78, 5) is 31.5. The summed E-state index contributed by atoms with van der Waals surface area (Å²) in [6.07, 6.45) is 3.91. The van der Waals surface area contributed by atoms with Crippen LogP contribution in [0, 0.1) is 0 Å². The van der Waals surface area contributed by atoms with Crippen LogP contribution >= 0.6 is 0 Å². The van der Waals surface area contributed by atoms with E-state index >= 15 is 0 Å². The van der Waals surface area contributed by atoms with E-state index in [2.05, 4.69) is 10.1 Å². The molecular formula is C25H22N4O3. The number of esters is 1. The molecule has 0 saturated heterocycles. The predicted molar refractivity (Wildman–Crippen MR) is 122 cm³/mol. The second-order valence-corrected chi connectivity index (χ2v) is 7.19. The molecule has 0 aliphatic rings. The molecule has 0 aliphatic carbocycles. The van der Waals surface area contributed by atoms with Crippen molar-refractivity contribution in [1.29, 1.82) is 0 Å². The Balaban J connectivity index is 1.61. The molecule has 0 spiro atoms. The predicted octanol–water partition coefficient (Wildman–Crippen LogP) is 4.14. The van der Waals surface area contributed by atoms with Crippen molar-refractivity contribution in [2.45, 2.75) is 13.0 Å². The molecular weight excluding hydrogens is 404 g/mol. The van der Waals surface area contributed by atoms with E-state index in [9.17, 15) is 9.59 Å². The van der Waals surface area contributed by atoms with Gasteiger partial charge in [-0.1, -0.05) is 36.4 Å². The molecule has 0 N–H and O–H groups in total. The van der Waals surface area contributed by atoms with Crippen molar-refractivity contribution < 1.29 is 14.3 Å². The van der Waals surface area contributed by atoms with Crippen molar-refractivity contribution in [2.75, 3.05) is 11.9 Å². The number of aromatic nitrogens is 3. The zero-order valence-corrected chi connectivity index (χ0v) is 17.8. The van der Waals surface area contributed by atoms with Gasteiger partial charge in [0.2, 0.25) is 0 Å². The van der Waals surface area contributed by atoms with Crippen molar-refractivity contribution in [3.8, 4) is 16.9 Å². The van der Waals surface area contributed by atoms with Crippen molar-refractivity contribution in [3.63, 3.8) is 0 Å². The molecule has 1 amide bonds. The number of rotatable bonds is 6. The van der Waals surface area contributed by atoms with Crippen molar-refractivity contribution in [2.24, 2.45) is 0 Å². The fraction of sp³-hybridized carbons (Fsp3) is 0.120. The zero-order valence-electron chi connectivity index (χ0n) is 17.8. The van der Waals surface area contributed by atoms with Crippen LogP contribution < -0.4 is 4.90 Å². The monoisotopic (exact) mass is 426 g/mol. The van der Waals surface area contributed by atoms with E-state index in [0.29, 0.717) is 16.9 Å². The van der Waals surface area contributed by atoms with E-state index in [1.165, 1.54) is 4.90 Å². The van der Waals surface area contributed by atoms with Gasteiger partial charge in [-0.05, 0) is 43.3 Å². The molecule has 0 aliphatic heterocycles. The first-order valence-corrected chi connectivity index (χ1v) is 10.1. The van der Waals surface area contributed by atoms with Gasteiger partial charge in [0.1, 0.15) is 11.3 Å². The number of hydrogen-bond acceptors (Lipinski definition) is 5. The first-order chi connectivity index (χ1) is 15.5. The van der Waals surface area contributed by atoms with Crippen LogP contribution in [0.15, 0.2) is 91.4 Å². The molecule has 0 radical (unpaired) electrons. The maximum atomic E-state index is 13.1. The van der Waals surface area contributed by atoms with Gasteiger partial charge >= 0.3 is 5.97 Å². The van der Waals surface area contributed by atoms with Gasteiger partial charge in [-0.2, -0.15) is 5.10 Å². The Kier molecular flexibility index (Phi) is 6.07. The maximum Gasteiger partial charge on any atom is 0.342 e. The van der Waals surface area contributed by atoms with Crippen LogP contribution in [-0.2, 0) is 9.53 Å². The van der Waals surface area contributed by atoms with Crippen LogP contribution in [0.3, 0.4) is 0 Å². The molecule has 7 nitrogen and oxygen atoms in total. The van der Waals surface area contributed by atoms with Crippen molar-refractivity contribution in [1.82, 2.24) is 14.8 Å². The van der Waals surface area contributed by atoms with Crippen LogP contribution in [0.5, 0.6) is 0 Å². The Morgan fingerprint density at radius 2 is 1.66 bits per heavy atom. The average Bonchev–Trinajstić information content (AvgIpc) is 3.30. The normalized spacial score (nSPS) is 11.6. The molecule has 2 heterocycles. The molecule has 1 atom stereocenters. The number of nitrogens with zero attached hydrogens (tertiary/aromatic N) is 4. The number of benzene rings is 2. The molecule has 32 heavy (non-hydrogen) atoms. The van der Waals surface area contributed by atoms with E-state index in [4.69, 9.17) is 4.74 Å². The molecule has 0 fully saturated rings. The number of carbonyl (C=O) groups excluding carboxylic acids is 2. The topological polar surface area (TPSA) is 77.3 Å². The third-order valence-electron chi connectivity index (χ3n) is 5.00. The smallest absolute Gasteiger partial charge is 0.342 e. The minimum Gasteiger partial charge on any atom is -0.449 e. The third kappa shape index (κ3) is 4.41. The highest BCUT2D eigenvalue weighted by Gasteiger charge is 2.26. The van der Waals surface area contributed by atoms with Gasteiger partial charge in [-0.25, -0.2) is 9.48 Å². The lowest BCUT2D eigenvalue weighted by molar-refractivity contribution is -0.126. The molecule has 0 saturated carbocycles. The van der Waals surface area contributed by atoms with Gasteiger partial charge in [0.25, 0.3) is 5.91 Å². The molecule has 2 aromatic carbocycles. The molecule has 160 valence electrons. The van der Waals surface area contributed by atoms with Crippen LogP contribution in [0.25, 0.3) is 16.9 Å². The summed E-state index contributed by atoms with van der Waals surface area (Å²) in [5.74, 6) is -0.962. The highest BCUT2D eigenvalue weighted by atomic mass is 16.5. The Bertz CT molecular complexity index is 1210. The van der Waals surface area contributed by atoms with Crippen LogP contribution in [0.4, 0.5) is 5.69 Å². The number of amides is 1. The summed E-state index contributed by atoms with van der Waals surface area (Å²) in [5.41, 5.74) is 2.87. The molecule has 2 aromatic heterocycles. The molecule has 1 unspecified atom stereocenters. The summed E-state index contributed by atoms with van der Waals surface area (Å²) in [7, 11) is 1.65. The van der Waals surface area contributed by atoms with Gasteiger partial charge < -0.3 is 9.64 Å². The minimum atomic E-state index is -0.977. The Hall–Kier alpha value is -4.26. The summed E-state index contributed by atoms with van der Waals surface area (Å²) >= 11 is 0. The van der Waals surface area contributed by atoms with Crippen molar-refractivity contribution >= 4 is 17.6 Å². The van der Waals surface area contributed by atoms with Gasteiger partial charge in [-0.15, -0.1) is 0 Å². The zero-order chi connectivity index (χ0) is 22.5.